The molecular formula is C20H30N4O3. The second-order valence-electron chi connectivity index (χ2n) is 6.70. The average Bonchev–Trinajstić information content (AvgIpc) is 2.64. The Balaban J connectivity index is 1.78. The number of nitrogens with one attached hydrogen (secondary N) is 1. The summed E-state index contributed by atoms with van der Waals surface area (Å²) in [6.45, 7) is 3.86. The average molecular weight is 374 g/mol. The lowest BCUT2D eigenvalue weighted by Gasteiger charge is -2.17. The van der Waals surface area contributed by atoms with Gasteiger partial charge in [-0.15, -0.1) is 0 Å². The van der Waals surface area contributed by atoms with Gasteiger partial charge in [0.15, 0.2) is 0 Å². The highest BCUT2D eigenvalue weighted by molar-refractivity contribution is 5.35. The third-order valence-corrected chi connectivity index (χ3v) is 4.33. The first-order valence-corrected chi connectivity index (χ1v) is 9.48. The number of nitrogens with zero attached hydrogens (tertiary/aromatic N) is 2. The number of likely N-dealkylation sites (N-methyl/N-ethyl adjacent to an activating group) is 1. The van der Waals surface area contributed by atoms with Crippen molar-refractivity contribution in [2.24, 2.45) is 5.73 Å². The van der Waals surface area contributed by atoms with Gasteiger partial charge in [-0.25, -0.2) is 4.79 Å². The molecule has 2 rings (SSSR count). The molecule has 0 atom stereocenters. The SMILES string of the molecule is CN(CCOCCCCCCN)Cc1cccc(-n2ccc(=O)[nH]c2=O)c1. The number of unbranched alkanes of at least 4 members (excludes halogenated alkanes) is 3. The van der Waals surface area contributed by atoms with Gasteiger partial charge in [0.05, 0.1) is 12.3 Å². The Bertz CT molecular complexity index is 800. The first-order valence-electron chi connectivity index (χ1n) is 9.48. The zero-order valence-electron chi connectivity index (χ0n) is 16.0. The Morgan fingerprint density at radius 2 is 1.93 bits per heavy atom. The van der Waals surface area contributed by atoms with E-state index in [0.717, 1.165) is 50.3 Å². The predicted molar refractivity (Wildman–Crippen MR) is 107 cm³/mol. The van der Waals surface area contributed by atoms with Gasteiger partial charge in [0, 0.05) is 32.0 Å². The summed E-state index contributed by atoms with van der Waals surface area (Å²) in [6, 6.07) is 9.07. The molecule has 7 nitrogen and oxygen atoms in total. The molecule has 0 saturated heterocycles. The van der Waals surface area contributed by atoms with Crippen LogP contribution in [0.1, 0.15) is 31.2 Å². The molecule has 0 radical (unpaired) electrons. The second-order valence-corrected chi connectivity index (χ2v) is 6.70. The normalized spacial score (nSPS) is 11.2. The van der Waals surface area contributed by atoms with Crippen molar-refractivity contribution in [3.63, 3.8) is 0 Å². The molecule has 0 aliphatic heterocycles. The largest absolute Gasteiger partial charge is 0.380 e. The summed E-state index contributed by atoms with van der Waals surface area (Å²) in [7, 11) is 2.05. The fourth-order valence-electron chi connectivity index (χ4n) is 2.84. The molecule has 0 fully saturated rings. The van der Waals surface area contributed by atoms with Gasteiger partial charge < -0.3 is 10.5 Å². The number of hydrogen-bond donors (Lipinski definition) is 2. The fourth-order valence-corrected chi connectivity index (χ4v) is 2.84. The van der Waals surface area contributed by atoms with E-state index in [1.165, 1.54) is 29.7 Å². The molecule has 148 valence electrons. The van der Waals surface area contributed by atoms with Crippen LogP contribution in [0.4, 0.5) is 0 Å². The van der Waals surface area contributed by atoms with Crippen molar-refractivity contribution in [3.8, 4) is 5.69 Å². The van der Waals surface area contributed by atoms with Gasteiger partial charge in [-0.1, -0.05) is 25.0 Å². The zero-order valence-corrected chi connectivity index (χ0v) is 16.0. The lowest BCUT2D eigenvalue weighted by Crippen LogP contribution is -2.27. The van der Waals surface area contributed by atoms with Crippen molar-refractivity contribution < 1.29 is 4.74 Å². The number of H-pyrrole nitrogens is 1. The third kappa shape index (κ3) is 7.50. The summed E-state index contributed by atoms with van der Waals surface area (Å²) in [6.07, 6.45) is 6.01. The molecule has 0 aliphatic rings. The Hall–Kier alpha value is -2.22. The maximum atomic E-state index is 11.9. The van der Waals surface area contributed by atoms with E-state index in [2.05, 4.69) is 9.88 Å². The predicted octanol–water partition coefficient (Wildman–Crippen LogP) is 1.49. The van der Waals surface area contributed by atoms with Gasteiger partial charge in [-0.3, -0.25) is 19.2 Å². The molecule has 1 heterocycles. The second kappa shape index (κ2) is 11.5. The highest BCUT2D eigenvalue weighted by Crippen LogP contribution is 2.10. The van der Waals surface area contributed by atoms with Gasteiger partial charge in [-0.05, 0) is 44.1 Å². The molecular weight excluding hydrogens is 344 g/mol. The molecule has 7 heteroatoms. The lowest BCUT2D eigenvalue weighted by atomic mass is 10.2. The summed E-state index contributed by atoms with van der Waals surface area (Å²) in [5.74, 6) is 0. The number of aromatic amines is 1. The van der Waals surface area contributed by atoms with E-state index in [1.807, 2.05) is 31.3 Å². The number of ether oxygens (including phenoxy) is 1. The van der Waals surface area contributed by atoms with Crippen molar-refractivity contribution in [2.75, 3.05) is 33.4 Å². The molecule has 0 unspecified atom stereocenters. The van der Waals surface area contributed by atoms with E-state index in [1.54, 1.807) is 0 Å². The third-order valence-electron chi connectivity index (χ3n) is 4.33. The van der Waals surface area contributed by atoms with Crippen molar-refractivity contribution in [3.05, 3.63) is 62.9 Å². The molecule has 1 aromatic carbocycles. The number of nitrogens with two attached hydrogens (primary N) is 1. The number of rotatable bonds is 12. The van der Waals surface area contributed by atoms with Gasteiger partial charge in [0.1, 0.15) is 0 Å². The van der Waals surface area contributed by atoms with E-state index in [4.69, 9.17) is 10.5 Å². The first-order chi connectivity index (χ1) is 13.1. The molecule has 2 aromatic rings. The van der Waals surface area contributed by atoms with Gasteiger partial charge in [0.2, 0.25) is 0 Å². The topological polar surface area (TPSA) is 93.3 Å². The van der Waals surface area contributed by atoms with Gasteiger partial charge in [0.25, 0.3) is 5.56 Å². The number of benzene rings is 1. The standard InChI is InChI=1S/C20H30N4O3/c1-23(12-14-27-13-5-3-2-4-10-21)16-17-7-6-8-18(15-17)24-11-9-19(25)22-20(24)26/h6-9,11,15H,2-5,10,12-14,16,21H2,1H3,(H,22,25,26). The van der Waals surface area contributed by atoms with Crippen LogP contribution in [0.15, 0.2) is 46.1 Å². The molecule has 0 amide bonds. The summed E-state index contributed by atoms with van der Waals surface area (Å²) >= 11 is 0. The minimum absolute atomic E-state index is 0.397. The van der Waals surface area contributed by atoms with Gasteiger partial charge in [-0.2, -0.15) is 0 Å². The van der Waals surface area contributed by atoms with Crippen LogP contribution in [0.2, 0.25) is 0 Å². The van der Waals surface area contributed by atoms with Crippen LogP contribution in [0.5, 0.6) is 0 Å². The Labute approximate surface area is 159 Å². The van der Waals surface area contributed by atoms with Crippen LogP contribution in [0.3, 0.4) is 0 Å². The molecule has 0 bridgehead atoms. The summed E-state index contributed by atoms with van der Waals surface area (Å²) in [5, 5.41) is 0. The molecule has 0 spiro atoms. The van der Waals surface area contributed by atoms with Crippen molar-refractivity contribution in [2.45, 2.75) is 32.2 Å². The lowest BCUT2D eigenvalue weighted by molar-refractivity contribution is 0.106. The van der Waals surface area contributed by atoms with Crippen LogP contribution in [0.25, 0.3) is 5.69 Å². The van der Waals surface area contributed by atoms with Crippen LogP contribution < -0.4 is 17.0 Å². The van der Waals surface area contributed by atoms with Crippen LogP contribution in [0, 0.1) is 0 Å². The first kappa shape index (κ1) is 21.1. The maximum absolute atomic E-state index is 11.9. The summed E-state index contributed by atoms with van der Waals surface area (Å²) < 4.78 is 7.12. The highest BCUT2D eigenvalue weighted by atomic mass is 16.5. The Kier molecular flexibility index (Phi) is 8.97. The summed E-state index contributed by atoms with van der Waals surface area (Å²) in [5.41, 5.74) is 6.47. The van der Waals surface area contributed by atoms with E-state index >= 15 is 0 Å². The zero-order chi connectivity index (χ0) is 19.5. The minimum atomic E-state index is -0.437. The van der Waals surface area contributed by atoms with E-state index in [0.29, 0.717) is 6.61 Å². The quantitative estimate of drug-likeness (QED) is 0.549. The van der Waals surface area contributed by atoms with Crippen LogP contribution in [-0.4, -0.2) is 47.8 Å². The minimum Gasteiger partial charge on any atom is -0.380 e. The molecule has 0 saturated carbocycles. The molecule has 0 aliphatic carbocycles. The molecule has 3 N–H and O–H groups in total. The number of aromatic nitrogens is 2. The Morgan fingerprint density at radius 1 is 1.11 bits per heavy atom. The monoisotopic (exact) mass is 374 g/mol. The van der Waals surface area contributed by atoms with Crippen LogP contribution >= 0.6 is 0 Å². The highest BCUT2D eigenvalue weighted by Gasteiger charge is 2.04. The summed E-state index contributed by atoms with van der Waals surface area (Å²) in [4.78, 5) is 27.6. The maximum Gasteiger partial charge on any atom is 0.332 e. The van der Waals surface area contributed by atoms with Gasteiger partial charge >= 0.3 is 5.69 Å². The molecule has 1 aromatic heterocycles. The fraction of sp³-hybridized carbons (Fsp3) is 0.500. The van der Waals surface area contributed by atoms with E-state index < -0.39 is 11.2 Å². The smallest absolute Gasteiger partial charge is 0.332 e. The van der Waals surface area contributed by atoms with Crippen LogP contribution in [-0.2, 0) is 11.3 Å². The number of hydrogen-bond acceptors (Lipinski definition) is 5. The molecule has 27 heavy (non-hydrogen) atoms. The van der Waals surface area contributed by atoms with Crippen molar-refractivity contribution in [1.29, 1.82) is 0 Å². The van der Waals surface area contributed by atoms with Crippen molar-refractivity contribution in [1.82, 2.24) is 14.5 Å². The van der Waals surface area contributed by atoms with Crippen molar-refractivity contribution >= 4 is 0 Å². The van der Waals surface area contributed by atoms with E-state index in [-0.39, 0.29) is 0 Å². The Morgan fingerprint density at radius 3 is 2.70 bits per heavy atom. The van der Waals surface area contributed by atoms with E-state index in [9.17, 15) is 9.59 Å².